The zero-order valence-corrected chi connectivity index (χ0v) is 19.5. The highest BCUT2D eigenvalue weighted by molar-refractivity contribution is 6.35. The topological polar surface area (TPSA) is 50.7 Å². The monoisotopic (exact) mass is 516 g/mol. The average molecular weight is 517 g/mol. The quantitative estimate of drug-likeness (QED) is 0.213. The van der Waals surface area contributed by atoms with Crippen molar-refractivity contribution in [2.45, 2.75) is 12.8 Å². The highest BCUT2D eigenvalue weighted by atomic mass is 35.5. The molecule has 0 saturated heterocycles. The molecule has 0 spiro atoms. The first kappa shape index (κ1) is 24.6. The Hall–Kier alpha value is -3.55. The van der Waals surface area contributed by atoms with Gasteiger partial charge in [-0.05, 0) is 47.2 Å². The smallest absolute Gasteiger partial charge is 0.416 e. The van der Waals surface area contributed by atoms with Crippen LogP contribution in [0.3, 0.4) is 0 Å². The summed E-state index contributed by atoms with van der Waals surface area (Å²) in [6.07, 6.45) is -3.16. The van der Waals surface area contributed by atoms with E-state index in [1.165, 1.54) is 18.3 Å². The Kier molecular flexibility index (Phi) is 7.28. The van der Waals surface area contributed by atoms with E-state index in [-0.39, 0.29) is 12.2 Å². The summed E-state index contributed by atoms with van der Waals surface area (Å²) in [7, 11) is 0. The van der Waals surface area contributed by atoms with Gasteiger partial charge in [0, 0.05) is 26.7 Å². The molecule has 0 heterocycles. The number of halogens is 5. The molecule has 1 amide bonds. The lowest BCUT2D eigenvalue weighted by Gasteiger charge is -2.13. The molecule has 35 heavy (non-hydrogen) atoms. The van der Waals surface area contributed by atoms with E-state index in [4.69, 9.17) is 27.9 Å². The van der Waals surface area contributed by atoms with Crippen LogP contribution >= 0.6 is 23.2 Å². The van der Waals surface area contributed by atoms with Gasteiger partial charge in [0.15, 0.2) is 0 Å². The van der Waals surface area contributed by atoms with Gasteiger partial charge in [0.2, 0.25) is 0 Å². The first-order chi connectivity index (χ1) is 16.7. The minimum absolute atomic E-state index is 0.159. The highest BCUT2D eigenvalue weighted by Gasteiger charge is 2.30. The van der Waals surface area contributed by atoms with E-state index in [0.717, 1.165) is 28.5 Å². The number of ether oxygens (including phenoxy) is 1. The van der Waals surface area contributed by atoms with Crippen molar-refractivity contribution in [1.29, 1.82) is 0 Å². The van der Waals surface area contributed by atoms with E-state index in [2.05, 4.69) is 10.5 Å². The number of carbonyl (C=O) groups is 1. The molecule has 0 aliphatic heterocycles. The molecule has 0 atom stereocenters. The lowest BCUT2D eigenvalue weighted by molar-refractivity contribution is -0.137. The number of rotatable bonds is 6. The second-order valence-electron chi connectivity index (χ2n) is 7.50. The van der Waals surface area contributed by atoms with Crippen LogP contribution < -0.4 is 10.2 Å². The fourth-order valence-electron chi connectivity index (χ4n) is 3.39. The van der Waals surface area contributed by atoms with E-state index in [9.17, 15) is 18.0 Å². The Morgan fingerprint density at radius 1 is 0.971 bits per heavy atom. The van der Waals surface area contributed by atoms with Crippen LogP contribution in [-0.4, -0.2) is 12.1 Å². The summed E-state index contributed by atoms with van der Waals surface area (Å²) in [5.74, 6) is -0.296. The van der Waals surface area contributed by atoms with E-state index < -0.39 is 17.6 Å². The predicted octanol–water partition coefficient (Wildman–Crippen LogP) is 7.51. The van der Waals surface area contributed by atoms with Crippen LogP contribution in [0, 0.1) is 0 Å². The molecule has 1 N–H and O–H groups in total. The minimum atomic E-state index is -4.55. The van der Waals surface area contributed by atoms with Gasteiger partial charge >= 0.3 is 6.18 Å². The largest absolute Gasteiger partial charge is 0.488 e. The fraction of sp³-hybridized carbons (Fsp3) is 0.0769. The molecule has 4 aromatic rings. The summed E-state index contributed by atoms with van der Waals surface area (Å²) in [5, 5.41) is 6.67. The van der Waals surface area contributed by atoms with Crippen LogP contribution in [0.5, 0.6) is 5.75 Å². The molecule has 178 valence electrons. The Morgan fingerprint density at radius 3 is 2.54 bits per heavy atom. The maximum Gasteiger partial charge on any atom is 0.416 e. The van der Waals surface area contributed by atoms with Gasteiger partial charge in [-0.15, -0.1) is 0 Å². The predicted molar refractivity (Wildman–Crippen MR) is 131 cm³/mol. The zero-order chi connectivity index (χ0) is 25.0. The van der Waals surface area contributed by atoms with Crippen molar-refractivity contribution in [2.24, 2.45) is 5.10 Å². The normalized spacial score (nSPS) is 11.7. The summed E-state index contributed by atoms with van der Waals surface area (Å²) in [4.78, 5) is 12.4. The van der Waals surface area contributed by atoms with Gasteiger partial charge in [0.05, 0.1) is 11.8 Å². The van der Waals surface area contributed by atoms with Gasteiger partial charge in [-0.25, -0.2) is 5.43 Å². The molecule has 0 fully saturated rings. The lowest BCUT2D eigenvalue weighted by atomic mass is 10.0. The van der Waals surface area contributed by atoms with Crippen molar-refractivity contribution in [3.63, 3.8) is 0 Å². The number of nitrogens with one attached hydrogen (secondary N) is 1. The summed E-state index contributed by atoms with van der Waals surface area (Å²) in [6.45, 7) is 0.159. The number of amides is 1. The third-order valence-corrected chi connectivity index (χ3v) is 5.73. The number of hydrogen-bond acceptors (Lipinski definition) is 3. The third-order valence-electron chi connectivity index (χ3n) is 5.14. The Morgan fingerprint density at radius 2 is 1.77 bits per heavy atom. The second kappa shape index (κ2) is 10.4. The van der Waals surface area contributed by atoms with Crippen LogP contribution in [0.15, 0.2) is 84.0 Å². The molecule has 0 bridgehead atoms. The summed E-state index contributed by atoms with van der Waals surface area (Å²) in [5.41, 5.74) is 2.51. The first-order valence-corrected chi connectivity index (χ1v) is 11.1. The summed E-state index contributed by atoms with van der Waals surface area (Å²) in [6, 6.07) is 20.4. The molecule has 4 aromatic carbocycles. The molecular weight excluding hydrogens is 500 g/mol. The Balaban J connectivity index is 1.58. The van der Waals surface area contributed by atoms with Crippen LogP contribution in [0.4, 0.5) is 13.2 Å². The van der Waals surface area contributed by atoms with Crippen LogP contribution in [-0.2, 0) is 12.8 Å². The van der Waals surface area contributed by atoms with Gasteiger partial charge in [0.25, 0.3) is 5.91 Å². The summed E-state index contributed by atoms with van der Waals surface area (Å²) >= 11 is 12.2. The summed E-state index contributed by atoms with van der Waals surface area (Å²) < 4.78 is 44.8. The molecular formula is C26H17Cl2F3N2O2. The molecule has 4 rings (SSSR count). The highest BCUT2D eigenvalue weighted by Crippen LogP contribution is 2.30. The molecule has 0 aliphatic carbocycles. The number of benzene rings is 4. The van der Waals surface area contributed by atoms with Crippen molar-refractivity contribution < 1.29 is 22.7 Å². The lowest BCUT2D eigenvalue weighted by Crippen LogP contribution is -2.18. The van der Waals surface area contributed by atoms with Gasteiger partial charge in [-0.3, -0.25) is 4.79 Å². The van der Waals surface area contributed by atoms with Crippen molar-refractivity contribution in [3.8, 4) is 5.75 Å². The zero-order valence-electron chi connectivity index (χ0n) is 17.9. The Bertz CT molecular complexity index is 1420. The number of carbonyl (C=O) groups excluding carboxylic acids is 1. The van der Waals surface area contributed by atoms with Gasteiger partial charge in [-0.2, -0.15) is 18.3 Å². The maximum atomic E-state index is 12.9. The SMILES string of the molecule is O=C(N/N=C/c1c(OCc2ccc(Cl)cc2Cl)ccc2ccccc12)c1cccc(C(F)(F)F)c1. The molecule has 0 saturated carbocycles. The Labute approximate surface area is 208 Å². The molecule has 4 nitrogen and oxygen atoms in total. The number of fused-ring (bicyclic) bond motifs is 1. The number of hydrazone groups is 1. The van der Waals surface area contributed by atoms with E-state index in [1.807, 2.05) is 30.3 Å². The van der Waals surface area contributed by atoms with Crippen LogP contribution in [0.2, 0.25) is 10.0 Å². The van der Waals surface area contributed by atoms with E-state index in [1.54, 1.807) is 24.3 Å². The van der Waals surface area contributed by atoms with E-state index in [0.29, 0.717) is 21.4 Å². The third kappa shape index (κ3) is 5.93. The van der Waals surface area contributed by atoms with Gasteiger partial charge in [0.1, 0.15) is 12.4 Å². The number of alkyl halides is 3. The van der Waals surface area contributed by atoms with Gasteiger partial charge < -0.3 is 4.74 Å². The number of hydrogen-bond donors (Lipinski definition) is 1. The minimum Gasteiger partial charge on any atom is -0.488 e. The molecule has 0 unspecified atom stereocenters. The van der Waals surface area contributed by atoms with Crippen LogP contribution in [0.25, 0.3) is 10.8 Å². The fourth-order valence-corrected chi connectivity index (χ4v) is 3.85. The van der Waals surface area contributed by atoms with E-state index >= 15 is 0 Å². The molecule has 9 heteroatoms. The van der Waals surface area contributed by atoms with Crippen molar-refractivity contribution >= 4 is 46.1 Å². The average Bonchev–Trinajstić information content (AvgIpc) is 2.83. The maximum absolute atomic E-state index is 12.9. The molecule has 0 aliphatic rings. The van der Waals surface area contributed by atoms with Crippen molar-refractivity contribution in [1.82, 2.24) is 5.43 Å². The first-order valence-electron chi connectivity index (χ1n) is 10.3. The van der Waals surface area contributed by atoms with Crippen LogP contribution in [0.1, 0.15) is 27.0 Å². The molecule has 0 radical (unpaired) electrons. The van der Waals surface area contributed by atoms with Crippen molar-refractivity contribution in [3.05, 3.63) is 111 Å². The molecule has 0 aromatic heterocycles. The number of nitrogens with zero attached hydrogens (tertiary/aromatic N) is 1. The second-order valence-corrected chi connectivity index (χ2v) is 8.34. The van der Waals surface area contributed by atoms with Crippen molar-refractivity contribution in [2.75, 3.05) is 0 Å². The standard InChI is InChI=1S/C26H17Cl2F3N2O2/c27-20-10-8-18(23(28)13-20)15-35-24-11-9-16-4-1-2-7-21(16)22(24)14-32-33-25(34)17-5-3-6-19(12-17)26(29,30)31/h1-14H,15H2,(H,33,34)/b32-14+. The van der Waals surface area contributed by atoms with Gasteiger partial charge in [-0.1, -0.05) is 65.7 Å².